The van der Waals surface area contributed by atoms with Gasteiger partial charge in [0.05, 0.1) is 0 Å². The Morgan fingerprint density at radius 2 is 1.89 bits per heavy atom. The van der Waals surface area contributed by atoms with Gasteiger partial charge in [-0.05, 0) is 25.0 Å². The summed E-state index contributed by atoms with van der Waals surface area (Å²) >= 11 is 0. The van der Waals surface area contributed by atoms with Crippen molar-refractivity contribution in [2.24, 2.45) is 10.9 Å². The molecule has 1 aliphatic rings. The lowest BCUT2D eigenvalue weighted by molar-refractivity contribution is 0.372. The molecule has 0 amide bonds. The smallest absolute Gasteiger partial charge is 0.194 e. The number of rotatable bonds is 6. The van der Waals surface area contributed by atoms with Gasteiger partial charge in [-0.2, -0.15) is 0 Å². The highest BCUT2D eigenvalue weighted by Crippen LogP contribution is 2.15. The predicted octanol–water partition coefficient (Wildman–Crippen LogP) is 2.83. The van der Waals surface area contributed by atoms with Gasteiger partial charge in [-0.3, -0.25) is 0 Å². The van der Waals surface area contributed by atoms with Crippen LogP contribution in [0.15, 0.2) is 47.7 Å². The highest BCUT2D eigenvalue weighted by molar-refractivity contribution is 5.80. The summed E-state index contributed by atoms with van der Waals surface area (Å²) in [6.07, 6.45) is 3.93. The van der Waals surface area contributed by atoms with Crippen LogP contribution in [0.1, 0.15) is 26.6 Å². The average Bonchev–Trinajstić information content (AvgIpc) is 3.12. The number of aliphatic imine (C=N–C) groups is 1. The molecule has 1 aromatic carbocycles. The fourth-order valence-electron chi connectivity index (χ4n) is 3.44. The monoisotopic (exact) mass is 368 g/mol. The number of para-hydroxylation sites is 1. The van der Waals surface area contributed by atoms with E-state index in [1.165, 1.54) is 5.69 Å². The molecule has 1 N–H and O–H groups in total. The number of anilines is 1. The second kappa shape index (κ2) is 9.44. The molecule has 0 spiro atoms. The van der Waals surface area contributed by atoms with Crippen molar-refractivity contribution in [3.8, 4) is 0 Å². The van der Waals surface area contributed by atoms with E-state index in [0.717, 1.165) is 51.1 Å². The van der Waals surface area contributed by atoms with Crippen LogP contribution >= 0.6 is 0 Å². The van der Waals surface area contributed by atoms with Crippen molar-refractivity contribution < 1.29 is 0 Å². The molecular weight excluding hydrogens is 336 g/mol. The third-order valence-corrected chi connectivity index (χ3v) is 4.77. The van der Waals surface area contributed by atoms with E-state index >= 15 is 0 Å². The van der Waals surface area contributed by atoms with Gasteiger partial charge in [0.1, 0.15) is 12.4 Å². The summed E-state index contributed by atoms with van der Waals surface area (Å²) in [6, 6.07) is 10.6. The van der Waals surface area contributed by atoms with Crippen LogP contribution in [0.5, 0.6) is 0 Å². The predicted molar refractivity (Wildman–Crippen MR) is 112 cm³/mol. The van der Waals surface area contributed by atoms with Crippen LogP contribution in [0, 0.1) is 5.92 Å². The topological polar surface area (TPSA) is 48.7 Å². The van der Waals surface area contributed by atoms with Crippen molar-refractivity contribution in [3.05, 3.63) is 48.5 Å². The minimum absolute atomic E-state index is 0.598. The maximum Gasteiger partial charge on any atom is 0.194 e. The normalized spacial score (nSPS) is 15.5. The Hall–Kier alpha value is -2.50. The SMILES string of the molecule is CCNC(=NCc1nccn1CC(C)C)N1CCN(c2ccccc2)CC1. The molecule has 0 aliphatic carbocycles. The highest BCUT2D eigenvalue weighted by atomic mass is 15.3. The minimum atomic E-state index is 0.598. The maximum absolute atomic E-state index is 4.87. The Morgan fingerprint density at radius 3 is 2.56 bits per heavy atom. The van der Waals surface area contributed by atoms with E-state index in [9.17, 15) is 0 Å². The third kappa shape index (κ3) is 5.25. The van der Waals surface area contributed by atoms with E-state index in [2.05, 4.69) is 82.0 Å². The molecule has 27 heavy (non-hydrogen) atoms. The Balaban J connectivity index is 1.62. The highest BCUT2D eigenvalue weighted by Gasteiger charge is 2.19. The fraction of sp³-hybridized carbons (Fsp3) is 0.524. The molecule has 146 valence electrons. The largest absolute Gasteiger partial charge is 0.368 e. The summed E-state index contributed by atoms with van der Waals surface area (Å²) in [5, 5.41) is 3.45. The number of benzene rings is 1. The molecule has 0 radical (unpaired) electrons. The molecule has 0 atom stereocenters. The molecule has 2 aromatic rings. The van der Waals surface area contributed by atoms with Gasteiger partial charge in [-0.25, -0.2) is 9.98 Å². The first-order chi connectivity index (χ1) is 13.2. The number of imidazole rings is 1. The Labute approximate surface area is 162 Å². The number of hydrogen-bond donors (Lipinski definition) is 1. The van der Waals surface area contributed by atoms with Gasteiger partial charge >= 0.3 is 0 Å². The average molecular weight is 369 g/mol. The third-order valence-electron chi connectivity index (χ3n) is 4.77. The molecule has 2 heterocycles. The number of nitrogens with zero attached hydrogens (tertiary/aromatic N) is 5. The van der Waals surface area contributed by atoms with E-state index in [-0.39, 0.29) is 0 Å². The molecule has 6 nitrogen and oxygen atoms in total. The minimum Gasteiger partial charge on any atom is -0.368 e. The van der Waals surface area contributed by atoms with Crippen LogP contribution in [0.25, 0.3) is 0 Å². The van der Waals surface area contributed by atoms with Crippen molar-refractivity contribution in [1.29, 1.82) is 0 Å². The molecule has 0 unspecified atom stereocenters. The summed E-state index contributed by atoms with van der Waals surface area (Å²) in [5.74, 6) is 2.62. The van der Waals surface area contributed by atoms with E-state index in [0.29, 0.717) is 12.5 Å². The Kier molecular flexibility index (Phi) is 6.74. The van der Waals surface area contributed by atoms with Crippen LogP contribution in [0.2, 0.25) is 0 Å². The van der Waals surface area contributed by atoms with E-state index < -0.39 is 0 Å². The summed E-state index contributed by atoms with van der Waals surface area (Å²) in [7, 11) is 0. The van der Waals surface area contributed by atoms with Gasteiger partial charge < -0.3 is 19.7 Å². The van der Waals surface area contributed by atoms with Crippen LogP contribution in [0.3, 0.4) is 0 Å². The molecule has 6 heteroatoms. The first kappa shape index (κ1) is 19.3. The zero-order valence-corrected chi connectivity index (χ0v) is 16.8. The lowest BCUT2D eigenvalue weighted by Crippen LogP contribution is -2.52. The molecule has 1 saturated heterocycles. The number of piperazine rings is 1. The summed E-state index contributed by atoms with van der Waals surface area (Å²) in [5.41, 5.74) is 1.30. The first-order valence-corrected chi connectivity index (χ1v) is 10.0. The Bertz CT molecular complexity index is 713. The number of nitrogens with one attached hydrogen (secondary N) is 1. The second-order valence-electron chi connectivity index (χ2n) is 7.37. The quantitative estimate of drug-likeness (QED) is 0.629. The number of aromatic nitrogens is 2. The molecule has 3 rings (SSSR count). The van der Waals surface area contributed by atoms with E-state index in [4.69, 9.17) is 4.99 Å². The first-order valence-electron chi connectivity index (χ1n) is 10.0. The lowest BCUT2D eigenvalue weighted by Gasteiger charge is -2.37. The standard InChI is InChI=1S/C21H32N6/c1-4-22-21(24-16-20-23-10-11-27(20)17-18(2)3)26-14-12-25(13-15-26)19-8-6-5-7-9-19/h5-11,18H,4,12-17H2,1-3H3,(H,22,24). The number of guanidine groups is 1. The zero-order chi connectivity index (χ0) is 19.1. The van der Waals surface area contributed by atoms with Crippen molar-refractivity contribution in [1.82, 2.24) is 19.8 Å². The zero-order valence-electron chi connectivity index (χ0n) is 16.8. The molecule has 0 saturated carbocycles. The van der Waals surface area contributed by atoms with Gasteiger partial charge in [-0.15, -0.1) is 0 Å². The van der Waals surface area contributed by atoms with Crippen molar-refractivity contribution >= 4 is 11.6 Å². The van der Waals surface area contributed by atoms with Crippen LogP contribution < -0.4 is 10.2 Å². The van der Waals surface area contributed by atoms with Crippen LogP contribution in [0.4, 0.5) is 5.69 Å². The maximum atomic E-state index is 4.87. The van der Waals surface area contributed by atoms with Gasteiger partial charge in [0.25, 0.3) is 0 Å². The van der Waals surface area contributed by atoms with Gasteiger partial charge in [-0.1, -0.05) is 32.0 Å². The van der Waals surface area contributed by atoms with E-state index in [1.807, 2.05) is 6.20 Å². The van der Waals surface area contributed by atoms with Crippen LogP contribution in [-0.2, 0) is 13.1 Å². The molecule has 1 fully saturated rings. The van der Waals surface area contributed by atoms with Crippen molar-refractivity contribution in [3.63, 3.8) is 0 Å². The molecule has 1 aliphatic heterocycles. The van der Waals surface area contributed by atoms with Crippen molar-refractivity contribution in [2.75, 3.05) is 37.6 Å². The second-order valence-corrected chi connectivity index (χ2v) is 7.37. The van der Waals surface area contributed by atoms with E-state index in [1.54, 1.807) is 0 Å². The number of hydrogen-bond acceptors (Lipinski definition) is 3. The lowest BCUT2D eigenvalue weighted by atomic mass is 10.2. The van der Waals surface area contributed by atoms with Gasteiger partial charge in [0, 0.05) is 57.3 Å². The van der Waals surface area contributed by atoms with Gasteiger partial charge in [0.15, 0.2) is 5.96 Å². The van der Waals surface area contributed by atoms with Crippen LogP contribution in [-0.4, -0.2) is 53.1 Å². The Morgan fingerprint density at radius 1 is 1.15 bits per heavy atom. The fourth-order valence-corrected chi connectivity index (χ4v) is 3.44. The summed E-state index contributed by atoms with van der Waals surface area (Å²) < 4.78 is 2.21. The molecule has 0 bridgehead atoms. The van der Waals surface area contributed by atoms with Crippen molar-refractivity contribution in [2.45, 2.75) is 33.9 Å². The molecular formula is C21H32N6. The summed E-state index contributed by atoms with van der Waals surface area (Å²) in [6.45, 7) is 13.0. The summed E-state index contributed by atoms with van der Waals surface area (Å²) in [4.78, 5) is 14.2. The van der Waals surface area contributed by atoms with Gasteiger partial charge in [0.2, 0.25) is 0 Å². The molecule has 1 aromatic heterocycles.